The molecule has 0 fully saturated rings. The standard InChI is InChI=1S/C21H23NO/c1-16(22-13-12-17-7-10-21(23)11-8-17)14-18-6-9-19-4-2-3-5-20(19)15-18/h2-11,15-16,22-23H,12-14H2,1H3. The van der Waals surface area contributed by atoms with Crippen LogP contribution in [0.3, 0.4) is 0 Å². The number of benzene rings is 3. The highest BCUT2D eigenvalue weighted by atomic mass is 16.3. The molecule has 0 saturated carbocycles. The first-order valence-electron chi connectivity index (χ1n) is 8.20. The lowest BCUT2D eigenvalue weighted by atomic mass is 10.0. The van der Waals surface area contributed by atoms with Crippen LogP contribution in [0.15, 0.2) is 66.7 Å². The molecule has 2 nitrogen and oxygen atoms in total. The van der Waals surface area contributed by atoms with E-state index in [1.807, 2.05) is 12.1 Å². The summed E-state index contributed by atoms with van der Waals surface area (Å²) in [6, 6.07) is 23.1. The summed E-state index contributed by atoms with van der Waals surface area (Å²) in [5, 5.41) is 15.5. The number of phenolic OH excluding ortho intramolecular Hbond substituents is 1. The van der Waals surface area contributed by atoms with Crippen molar-refractivity contribution in [3.8, 4) is 5.75 Å². The molecule has 0 aromatic heterocycles. The summed E-state index contributed by atoms with van der Waals surface area (Å²) in [5.41, 5.74) is 2.61. The number of fused-ring (bicyclic) bond motifs is 1. The molecule has 0 heterocycles. The second-order valence-electron chi connectivity index (χ2n) is 6.16. The monoisotopic (exact) mass is 305 g/mol. The zero-order valence-corrected chi connectivity index (χ0v) is 13.5. The summed E-state index contributed by atoms with van der Waals surface area (Å²) < 4.78 is 0. The number of phenols is 1. The number of nitrogens with one attached hydrogen (secondary N) is 1. The SMILES string of the molecule is CC(Cc1ccc2ccccc2c1)NCCc1ccc(O)cc1. The quantitative estimate of drug-likeness (QED) is 0.711. The van der Waals surface area contributed by atoms with Crippen molar-refractivity contribution < 1.29 is 5.11 Å². The van der Waals surface area contributed by atoms with Gasteiger partial charge in [-0.25, -0.2) is 0 Å². The average molecular weight is 305 g/mol. The summed E-state index contributed by atoms with van der Waals surface area (Å²) in [5.74, 6) is 0.325. The number of aromatic hydroxyl groups is 1. The smallest absolute Gasteiger partial charge is 0.115 e. The van der Waals surface area contributed by atoms with E-state index in [-0.39, 0.29) is 0 Å². The van der Waals surface area contributed by atoms with Gasteiger partial charge in [-0.15, -0.1) is 0 Å². The number of rotatable bonds is 6. The molecule has 118 valence electrons. The van der Waals surface area contributed by atoms with E-state index < -0.39 is 0 Å². The fraction of sp³-hybridized carbons (Fsp3) is 0.238. The van der Waals surface area contributed by atoms with Crippen LogP contribution in [0.4, 0.5) is 0 Å². The Balaban J connectivity index is 1.51. The summed E-state index contributed by atoms with van der Waals surface area (Å²) in [6.45, 7) is 3.17. The molecule has 0 aliphatic rings. The van der Waals surface area contributed by atoms with Gasteiger partial charge in [0, 0.05) is 6.04 Å². The minimum atomic E-state index is 0.325. The highest BCUT2D eigenvalue weighted by Crippen LogP contribution is 2.16. The maximum Gasteiger partial charge on any atom is 0.115 e. The van der Waals surface area contributed by atoms with Crippen LogP contribution in [0.25, 0.3) is 10.8 Å². The first kappa shape index (κ1) is 15.6. The van der Waals surface area contributed by atoms with E-state index in [2.05, 4.69) is 54.7 Å². The third kappa shape index (κ3) is 4.33. The van der Waals surface area contributed by atoms with E-state index in [1.54, 1.807) is 12.1 Å². The molecule has 1 unspecified atom stereocenters. The summed E-state index contributed by atoms with van der Waals surface area (Å²) in [4.78, 5) is 0. The average Bonchev–Trinajstić information content (AvgIpc) is 2.56. The maximum atomic E-state index is 9.29. The molecule has 0 amide bonds. The van der Waals surface area contributed by atoms with Crippen molar-refractivity contribution in [1.29, 1.82) is 0 Å². The van der Waals surface area contributed by atoms with E-state index in [4.69, 9.17) is 0 Å². The molecule has 2 N–H and O–H groups in total. The molecule has 0 aliphatic carbocycles. The van der Waals surface area contributed by atoms with Gasteiger partial charge >= 0.3 is 0 Å². The molecule has 0 bridgehead atoms. The predicted molar refractivity (Wildman–Crippen MR) is 96.9 cm³/mol. The van der Waals surface area contributed by atoms with Crippen molar-refractivity contribution in [3.63, 3.8) is 0 Å². The van der Waals surface area contributed by atoms with E-state index in [9.17, 15) is 5.11 Å². The molecule has 3 rings (SSSR count). The Morgan fingerprint density at radius 1 is 0.870 bits per heavy atom. The second-order valence-corrected chi connectivity index (χ2v) is 6.16. The van der Waals surface area contributed by atoms with E-state index in [0.717, 1.165) is 19.4 Å². The molecular formula is C21H23NO. The normalized spacial score (nSPS) is 12.4. The lowest BCUT2D eigenvalue weighted by Gasteiger charge is -2.14. The zero-order valence-electron chi connectivity index (χ0n) is 13.5. The van der Waals surface area contributed by atoms with Gasteiger partial charge in [0.1, 0.15) is 5.75 Å². The number of hydrogen-bond donors (Lipinski definition) is 2. The molecule has 2 heteroatoms. The number of hydrogen-bond acceptors (Lipinski definition) is 2. The Morgan fingerprint density at radius 2 is 1.57 bits per heavy atom. The van der Waals surface area contributed by atoms with Crippen molar-refractivity contribution in [2.75, 3.05) is 6.54 Å². The fourth-order valence-electron chi connectivity index (χ4n) is 2.92. The molecule has 23 heavy (non-hydrogen) atoms. The molecular weight excluding hydrogens is 282 g/mol. The fourth-order valence-corrected chi connectivity index (χ4v) is 2.92. The predicted octanol–water partition coefficient (Wildman–Crippen LogP) is 4.31. The first-order chi connectivity index (χ1) is 11.2. The van der Waals surface area contributed by atoms with Gasteiger partial charge in [-0.2, -0.15) is 0 Å². The van der Waals surface area contributed by atoms with E-state index in [0.29, 0.717) is 11.8 Å². The zero-order chi connectivity index (χ0) is 16.1. The highest BCUT2D eigenvalue weighted by molar-refractivity contribution is 5.82. The molecule has 3 aromatic rings. The van der Waals surface area contributed by atoms with Gasteiger partial charge in [-0.05, 0) is 60.3 Å². The van der Waals surface area contributed by atoms with Gasteiger partial charge in [0.25, 0.3) is 0 Å². The largest absolute Gasteiger partial charge is 0.508 e. The minimum absolute atomic E-state index is 0.325. The molecule has 0 aliphatic heterocycles. The van der Waals surface area contributed by atoms with Gasteiger partial charge in [-0.1, -0.05) is 54.6 Å². The molecule has 0 spiro atoms. The Labute approximate surface area is 137 Å². The molecule has 0 radical (unpaired) electrons. The van der Waals surface area contributed by atoms with Gasteiger partial charge in [0.15, 0.2) is 0 Å². The van der Waals surface area contributed by atoms with Gasteiger partial charge in [0.2, 0.25) is 0 Å². The van der Waals surface area contributed by atoms with E-state index >= 15 is 0 Å². The Bertz CT molecular complexity index is 764. The minimum Gasteiger partial charge on any atom is -0.508 e. The van der Waals surface area contributed by atoms with E-state index in [1.165, 1.54) is 21.9 Å². The second kappa shape index (κ2) is 7.30. The molecule has 3 aromatic carbocycles. The van der Waals surface area contributed by atoms with Crippen LogP contribution in [0.2, 0.25) is 0 Å². The third-order valence-electron chi connectivity index (χ3n) is 4.20. The van der Waals surface area contributed by atoms with Gasteiger partial charge < -0.3 is 10.4 Å². The summed E-state index contributed by atoms with van der Waals surface area (Å²) in [7, 11) is 0. The van der Waals surface area contributed by atoms with Gasteiger partial charge in [-0.3, -0.25) is 0 Å². The topological polar surface area (TPSA) is 32.3 Å². The van der Waals surface area contributed by atoms with Crippen molar-refractivity contribution in [1.82, 2.24) is 5.32 Å². The molecule has 1 atom stereocenters. The highest BCUT2D eigenvalue weighted by Gasteiger charge is 2.04. The van der Waals surface area contributed by atoms with Crippen LogP contribution in [0, 0.1) is 0 Å². The lowest BCUT2D eigenvalue weighted by Crippen LogP contribution is -2.29. The molecule has 0 saturated heterocycles. The third-order valence-corrected chi connectivity index (χ3v) is 4.20. The van der Waals surface area contributed by atoms with Crippen LogP contribution in [-0.2, 0) is 12.8 Å². The first-order valence-corrected chi connectivity index (χ1v) is 8.20. The van der Waals surface area contributed by atoms with Crippen LogP contribution in [0.5, 0.6) is 5.75 Å². The Morgan fingerprint density at radius 3 is 2.35 bits per heavy atom. The van der Waals surface area contributed by atoms with Crippen molar-refractivity contribution in [3.05, 3.63) is 77.9 Å². The Hall–Kier alpha value is -2.32. The van der Waals surface area contributed by atoms with Gasteiger partial charge in [0.05, 0.1) is 0 Å². The van der Waals surface area contributed by atoms with Crippen LogP contribution in [0.1, 0.15) is 18.1 Å². The lowest BCUT2D eigenvalue weighted by molar-refractivity contribution is 0.475. The van der Waals surface area contributed by atoms with Crippen LogP contribution >= 0.6 is 0 Å². The summed E-state index contributed by atoms with van der Waals surface area (Å²) >= 11 is 0. The van der Waals surface area contributed by atoms with Crippen molar-refractivity contribution in [2.24, 2.45) is 0 Å². The van der Waals surface area contributed by atoms with Crippen LogP contribution in [-0.4, -0.2) is 17.7 Å². The van der Waals surface area contributed by atoms with Crippen molar-refractivity contribution in [2.45, 2.75) is 25.8 Å². The Kier molecular flexibility index (Phi) is 4.94. The van der Waals surface area contributed by atoms with Crippen molar-refractivity contribution >= 4 is 10.8 Å². The maximum absolute atomic E-state index is 9.29. The van der Waals surface area contributed by atoms with Crippen LogP contribution < -0.4 is 5.32 Å². The summed E-state index contributed by atoms with van der Waals surface area (Å²) in [6.07, 6.45) is 2.00.